The van der Waals surface area contributed by atoms with E-state index in [2.05, 4.69) is 24.3 Å². The fourth-order valence-corrected chi connectivity index (χ4v) is 2.23. The molecule has 1 aromatic carbocycles. The van der Waals surface area contributed by atoms with E-state index in [0.29, 0.717) is 17.3 Å². The number of benzene rings is 1. The minimum absolute atomic E-state index is 0.364. The molecule has 1 saturated carbocycles. The van der Waals surface area contributed by atoms with Gasteiger partial charge in [-0.1, -0.05) is 0 Å². The Morgan fingerprint density at radius 2 is 2.22 bits per heavy atom. The Morgan fingerprint density at radius 1 is 1.50 bits per heavy atom. The monoisotopic (exact) mass is 247 g/mol. The van der Waals surface area contributed by atoms with Gasteiger partial charge < -0.3 is 10.2 Å². The summed E-state index contributed by atoms with van der Waals surface area (Å²) >= 11 is 0. The molecule has 0 aliphatic heterocycles. The van der Waals surface area contributed by atoms with Crippen LogP contribution in [0.15, 0.2) is 18.2 Å². The Kier molecular flexibility index (Phi) is 3.83. The van der Waals surface area contributed by atoms with Crippen LogP contribution in [0.3, 0.4) is 0 Å². The van der Waals surface area contributed by atoms with Crippen LogP contribution in [0.2, 0.25) is 0 Å². The molecule has 0 saturated heterocycles. The van der Waals surface area contributed by atoms with Crippen molar-refractivity contribution in [1.82, 2.24) is 4.90 Å². The van der Waals surface area contributed by atoms with Crippen molar-refractivity contribution >= 4 is 5.69 Å². The molecule has 0 aromatic heterocycles. The van der Waals surface area contributed by atoms with Crippen molar-refractivity contribution < 1.29 is 4.39 Å². The van der Waals surface area contributed by atoms with Gasteiger partial charge in [0.15, 0.2) is 0 Å². The highest BCUT2D eigenvalue weighted by atomic mass is 19.1. The van der Waals surface area contributed by atoms with E-state index < -0.39 is 0 Å². The summed E-state index contributed by atoms with van der Waals surface area (Å²) in [4.78, 5) is 2.21. The Bertz CT molecular complexity index is 459. The summed E-state index contributed by atoms with van der Waals surface area (Å²) in [6, 6.07) is 6.77. The van der Waals surface area contributed by atoms with E-state index in [9.17, 15) is 4.39 Å². The molecule has 4 heteroatoms. The highest BCUT2D eigenvalue weighted by Crippen LogP contribution is 2.34. The third-order valence-corrected chi connectivity index (χ3v) is 3.43. The summed E-state index contributed by atoms with van der Waals surface area (Å²) < 4.78 is 13.0. The lowest BCUT2D eigenvalue weighted by Gasteiger charge is -2.25. The van der Waals surface area contributed by atoms with Crippen LogP contribution in [0.25, 0.3) is 0 Å². The van der Waals surface area contributed by atoms with Crippen LogP contribution >= 0.6 is 0 Å². The van der Waals surface area contributed by atoms with Gasteiger partial charge in [-0.3, -0.25) is 0 Å². The van der Waals surface area contributed by atoms with Crippen LogP contribution in [0.4, 0.5) is 10.1 Å². The zero-order valence-corrected chi connectivity index (χ0v) is 10.8. The number of nitriles is 1. The summed E-state index contributed by atoms with van der Waals surface area (Å²) in [5.74, 6) is 0.377. The molecule has 1 aromatic rings. The molecule has 0 bridgehead atoms. The molecule has 0 amide bonds. The predicted molar refractivity (Wildman–Crippen MR) is 69.8 cm³/mol. The number of nitrogens with one attached hydrogen (secondary N) is 1. The van der Waals surface area contributed by atoms with Crippen molar-refractivity contribution in [1.29, 1.82) is 5.26 Å². The molecule has 1 atom stereocenters. The number of halogens is 1. The van der Waals surface area contributed by atoms with Crippen molar-refractivity contribution in [2.45, 2.75) is 18.9 Å². The molecule has 0 spiro atoms. The standard InChI is InChI=1S/C14H18FN3/c1-18(2)14(10-3-4-10)9-17-13-6-5-12(15)7-11(13)8-16/h5-7,10,14,17H,3-4,9H2,1-2H3/t14-/m0/s1. The molecular formula is C14H18FN3. The van der Waals surface area contributed by atoms with Gasteiger partial charge in [0.25, 0.3) is 0 Å². The average molecular weight is 247 g/mol. The van der Waals surface area contributed by atoms with E-state index in [-0.39, 0.29) is 5.82 Å². The van der Waals surface area contributed by atoms with E-state index in [1.54, 1.807) is 6.07 Å². The molecule has 2 rings (SSSR count). The van der Waals surface area contributed by atoms with Gasteiger partial charge in [0.1, 0.15) is 11.9 Å². The van der Waals surface area contributed by atoms with Crippen LogP contribution in [0.1, 0.15) is 18.4 Å². The van der Waals surface area contributed by atoms with Crippen LogP contribution in [0.5, 0.6) is 0 Å². The molecule has 96 valence electrons. The number of nitrogens with zero attached hydrogens (tertiary/aromatic N) is 2. The lowest BCUT2D eigenvalue weighted by molar-refractivity contribution is 0.276. The predicted octanol–water partition coefficient (Wildman–Crippen LogP) is 2.45. The lowest BCUT2D eigenvalue weighted by Crippen LogP contribution is -2.36. The molecule has 1 aliphatic rings. The van der Waals surface area contributed by atoms with Gasteiger partial charge in [0.2, 0.25) is 0 Å². The molecule has 18 heavy (non-hydrogen) atoms. The van der Waals surface area contributed by atoms with Crippen molar-refractivity contribution in [3.63, 3.8) is 0 Å². The summed E-state index contributed by atoms with van der Waals surface area (Å²) in [6.45, 7) is 0.790. The lowest BCUT2D eigenvalue weighted by atomic mass is 10.1. The van der Waals surface area contributed by atoms with Gasteiger partial charge in [-0.15, -0.1) is 0 Å². The molecular weight excluding hydrogens is 229 g/mol. The van der Waals surface area contributed by atoms with Crippen LogP contribution in [0, 0.1) is 23.1 Å². The second-order valence-electron chi connectivity index (χ2n) is 5.05. The van der Waals surface area contributed by atoms with E-state index in [0.717, 1.165) is 12.5 Å². The Hall–Kier alpha value is -1.60. The molecule has 0 heterocycles. The number of rotatable bonds is 5. The first-order valence-electron chi connectivity index (χ1n) is 6.21. The van der Waals surface area contributed by atoms with Crippen LogP contribution in [-0.2, 0) is 0 Å². The van der Waals surface area contributed by atoms with Crippen molar-refractivity contribution in [2.75, 3.05) is 26.0 Å². The van der Waals surface area contributed by atoms with Gasteiger partial charge in [-0.05, 0) is 51.1 Å². The smallest absolute Gasteiger partial charge is 0.124 e. The maximum absolute atomic E-state index is 13.0. The number of hydrogen-bond acceptors (Lipinski definition) is 3. The molecule has 0 radical (unpaired) electrons. The number of hydrogen-bond donors (Lipinski definition) is 1. The van der Waals surface area contributed by atoms with Crippen LogP contribution in [-0.4, -0.2) is 31.6 Å². The fraction of sp³-hybridized carbons (Fsp3) is 0.500. The van der Waals surface area contributed by atoms with E-state index in [1.165, 1.54) is 25.0 Å². The second kappa shape index (κ2) is 5.36. The Morgan fingerprint density at radius 3 is 2.78 bits per heavy atom. The maximum Gasteiger partial charge on any atom is 0.124 e. The highest BCUT2D eigenvalue weighted by Gasteiger charge is 2.32. The fourth-order valence-electron chi connectivity index (χ4n) is 2.23. The minimum Gasteiger partial charge on any atom is -0.382 e. The van der Waals surface area contributed by atoms with E-state index in [1.807, 2.05) is 6.07 Å². The SMILES string of the molecule is CN(C)[C@@H](CNc1ccc(F)cc1C#N)C1CC1. The van der Waals surface area contributed by atoms with Gasteiger partial charge in [0, 0.05) is 12.6 Å². The van der Waals surface area contributed by atoms with Gasteiger partial charge in [-0.25, -0.2) is 4.39 Å². The molecule has 3 nitrogen and oxygen atoms in total. The maximum atomic E-state index is 13.0. The Balaban J connectivity index is 2.03. The largest absolute Gasteiger partial charge is 0.382 e. The summed E-state index contributed by atoms with van der Waals surface area (Å²) in [5.41, 5.74) is 1.08. The quantitative estimate of drug-likeness (QED) is 0.868. The third-order valence-electron chi connectivity index (χ3n) is 3.43. The van der Waals surface area contributed by atoms with Crippen molar-refractivity contribution in [2.24, 2.45) is 5.92 Å². The zero-order chi connectivity index (χ0) is 13.1. The summed E-state index contributed by atoms with van der Waals surface area (Å²) in [5, 5.41) is 12.2. The number of anilines is 1. The minimum atomic E-state index is -0.372. The normalized spacial score (nSPS) is 16.4. The molecule has 1 aliphatic carbocycles. The first kappa shape index (κ1) is 12.8. The van der Waals surface area contributed by atoms with Crippen molar-refractivity contribution in [3.8, 4) is 6.07 Å². The summed E-state index contributed by atoms with van der Waals surface area (Å²) in [6.07, 6.45) is 2.55. The zero-order valence-electron chi connectivity index (χ0n) is 10.8. The van der Waals surface area contributed by atoms with E-state index >= 15 is 0 Å². The molecule has 0 unspecified atom stereocenters. The van der Waals surface area contributed by atoms with Crippen molar-refractivity contribution in [3.05, 3.63) is 29.6 Å². The first-order chi connectivity index (χ1) is 8.61. The highest BCUT2D eigenvalue weighted by molar-refractivity contribution is 5.57. The van der Waals surface area contributed by atoms with Gasteiger partial charge in [-0.2, -0.15) is 5.26 Å². The third kappa shape index (κ3) is 2.99. The summed E-state index contributed by atoms with van der Waals surface area (Å²) in [7, 11) is 4.14. The van der Waals surface area contributed by atoms with Gasteiger partial charge in [0.05, 0.1) is 11.3 Å². The number of likely N-dealkylation sites (N-methyl/N-ethyl adjacent to an activating group) is 1. The first-order valence-corrected chi connectivity index (χ1v) is 6.21. The van der Waals surface area contributed by atoms with Gasteiger partial charge >= 0.3 is 0 Å². The molecule has 1 N–H and O–H groups in total. The topological polar surface area (TPSA) is 39.1 Å². The second-order valence-corrected chi connectivity index (χ2v) is 5.05. The van der Waals surface area contributed by atoms with Crippen LogP contribution < -0.4 is 5.32 Å². The van der Waals surface area contributed by atoms with E-state index in [4.69, 9.17) is 5.26 Å². The average Bonchev–Trinajstić information content (AvgIpc) is 3.15. The Labute approximate surface area is 107 Å². The molecule has 1 fully saturated rings.